The van der Waals surface area contributed by atoms with E-state index in [4.69, 9.17) is 4.42 Å². The fourth-order valence-corrected chi connectivity index (χ4v) is 3.76. The van der Waals surface area contributed by atoms with Gasteiger partial charge in [-0.05, 0) is 40.2 Å². The molecule has 0 aliphatic rings. The molecule has 0 radical (unpaired) electrons. The minimum Gasteiger partial charge on any atom is -0.438 e. The minimum absolute atomic E-state index is 0.888. The largest absolute Gasteiger partial charge is 0.438 e. The zero-order valence-corrected chi connectivity index (χ0v) is 13.7. The van der Waals surface area contributed by atoms with Crippen LogP contribution in [0.3, 0.4) is 0 Å². The average Bonchev–Trinajstić information content (AvgIpc) is 3.11. The molecule has 0 fully saturated rings. The van der Waals surface area contributed by atoms with E-state index in [2.05, 4.69) is 81.2 Å². The van der Waals surface area contributed by atoms with Crippen molar-refractivity contribution in [1.29, 1.82) is 0 Å². The van der Waals surface area contributed by atoms with Crippen molar-refractivity contribution in [2.24, 2.45) is 0 Å². The van der Waals surface area contributed by atoms with Crippen LogP contribution in [-0.4, -0.2) is 4.57 Å². The molecule has 3 heteroatoms. The Bertz CT molecular complexity index is 1170. The fourth-order valence-electron chi connectivity index (χ4n) is 3.31. The van der Waals surface area contributed by atoms with Gasteiger partial charge in [-0.25, -0.2) is 0 Å². The van der Waals surface area contributed by atoms with Gasteiger partial charge in [-0.15, -0.1) is 0 Å². The van der Waals surface area contributed by atoms with Gasteiger partial charge < -0.3 is 4.42 Å². The van der Waals surface area contributed by atoms with E-state index >= 15 is 0 Å². The Morgan fingerprint density at radius 2 is 1.48 bits per heavy atom. The number of halogens is 1. The number of furan rings is 1. The van der Waals surface area contributed by atoms with Crippen molar-refractivity contribution < 1.29 is 4.42 Å². The molecule has 0 N–H and O–H groups in total. The Labute approximate surface area is 141 Å². The summed E-state index contributed by atoms with van der Waals surface area (Å²) in [5.41, 5.74) is 4.05. The lowest BCUT2D eigenvalue weighted by Gasteiger charge is -2.05. The van der Waals surface area contributed by atoms with Crippen LogP contribution in [0.5, 0.6) is 0 Å². The molecule has 0 unspecified atom stereocenters. The van der Waals surface area contributed by atoms with E-state index in [-0.39, 0.29) is 0 Å². The molecule has 2 nitrogen and oxygen atoms in total. The molecule has 0 spiro atoms. The second-order valence-corrected chi connectivity index (χ2v) is 6.44. The van der Waals surface area contributed by atoms with E-state index in [9.17, 15) is 0 Å². The Morgan fingerprint density at radius 1 is 0.739 bits per heavy atom. The van der Waals surface area contributed by atoms with Crippen LogP contribution in [0, 0.1) is 0 Å². The van der Waals surface area contributed by atoms with Crippen LogP contribution in [0.4, 0.5) is 0 Å². The highest BCUT2D eigenvalue weighted by Gasteiger charge is 2.19. The molecule has 3 aromatic carbocycles. The number of rotatable bonds is 1. The SMILES string of the molecule is Brc1cccc2c1oc1c2c2ccccc2n1-c1ccccc1. The van der Waals surface area contributed by atoms with Crippen molar-refractivity contribution >= 4 is 48.9 Å². The van der Waals surface area contributed by atoms with Gasteiger partial charge in [0.15, 0.2) is 5.58 Å². The first-order valence-electron chi connectivity index (χ1n) is 7.50. The molecule has 5 rings (SSSR count). The summed E-state index contributed by atoms with van der Waals surface area (Å²) in [5, 5.41) is 3.52. The third kappa shape index (κ3) is 1.74. The molecule has 5 aromatic rings. The summed E-state index contributed by atoms with van der Waals surface area (Å²) in [5.74, 6) is 0. The van der Waals surface area contributed by atoms with Crippen LogP contribution >= 0.6 is 15.9 Å². The van der Waals surface area contributed by atoms with Crippen molar-refractivity contribution in [2.45, 2.75) is 0 Å². The maximum atomic E-state index is 6.27. The standard InChI is InChI=1S/C20H12BrNO/c21-16-11-6-10-15-18-14-9-4-5-12-17(14)22(20(18)23-19(15)16)13-7-2-1-3-8-13/h1-12H. The smallest absolute Gasteiger partial charge is 0.213 e. The minimum atomic E-state index is 0.888. The lowest BCUT2D eigenvalue weighted by Crippen LogP contribution is -1.91. The number of hydrogen-bond acceptors (Lipinski definition) is 1. The number of benzene rings is 3. The summed E-state index contributed by atoms with van der Waals surface area (Å²) in [4.78, 5) is 0. The summed E-state index contributed by atoms with van der Waals surface area (Å²) in [6.45, 7) is 0. The monoisotopic (exact) mass is 361 g/mol. The first-order valence-corrected chi connectivity index (χ1v) is 8.29. The highest BCUT2D eigenvalue weighted by Crippen LogP contribution is 2.40. The van der Waals surface area contributed by atoms with Gasteiger partial charge in [0.25, 0.3) is 0 Å². The third-order valence-electron chi connectivity index (χ3n) is 4.28. The highest BCUT2D eigenvalue weighted by molar-refractivity contribution is 9.10. The fraction of sp³-hybridized carbons (Fsp3) is 0. The summed E-state index contributed by atoms with van der Waals surface area (Å²) < 4.78 is 9.44. The van der Waals surface area contributed by atoms with Gasteiger partial charge in [-0.2, -0.15) is 0 Å². The normalized spacial score (nSPS) is 11.7. The van der Waals surface area contributed by atoms with Crippen molar-refractivity contribution in [3.05, 3.63) is 77.3 Å². The highest BCUT2D eigenvalue weighted by atomic mass is 79.9. The summed E-state index contributed by atoms with van der Waals surface area (Å²) in [6.07, 6.45) is 0. The number of fused-ring (bicyclic) bond motifs is 5. The topological polar surface area (TPSA) is 18.1 Å². The lowest BCUT2D eigenvalue weighted by atomic mass is 10.1. The zero-order valence-electron chi connectivity index (χ0n) is 12.2. The predicted molar refractivity (Wildman–Crippen MR) is 98.3 cm³/mol. The van der Waals surface area contributed by atoms with Crippen LogP contribution in [0.25, 0.3) is 38.7 Å². The van der Waals surface area contributed by atoms with E-state index in [0.29, 0.717) is 0 Å². The van der Waals surface area contributed by atoms with E-state index in [1.165, 1.54) is 10.8 Å². The molecular weight excluding hydrogens is 350 g/mol. The van der Waals surface area contributed by atoms with Crippen molar-refractivity contribution in [3.63, 3.8) is 0 Å². The second-order valence-electron chi connectivity index (χ2n) is 5.59. The van der Waals surface area contributed by atoms with Crippen LogP contribution in [0.2, 0.25) is 0 Å². The van der Waals surface area contributed by atoms with Crippen LogP contribution in [0.15, 0.2) is 81.7 Å². The number of para-hydroxylation sites is 3. The average molecular weight is 362 g/mol. The molecule has 23 heavy (non-hydrogen) atoms. The molecule has 0 aliphatic heterocycles. The first kappa shape index (κ1) is 13.0. The van der Waals surface area contributed by atoms with Crippen LogP contribution in [-0.2, 0) is 0 Å². The van der Waals surface area contributed by atoms with Gasteiger partial charge in [-0.1, -0.05) is 48.5 Å². The van der Waals surface area contributed by atoms with Crippen molar-refractivity contribution in [1.82, 2.24) is 4.57 Å². The molecule has 0 saturated carbocycles. The van der Waals surface area contributed by atoms with Crippen LogP contribution in [0.1, 0.15) is 0 Å². The predicted octanol–water partition coefficient (Wildman–Crippen LogP) is 6.29. The molecule has 110 valence electrons. The molecule has 0 aliphatic carbocycles. The van der Waals surface area contributed by atoms with Gasteiger partial charge in [0.1, 0.15) is 0 Å². The first-order chi connectivity index (χ1) is 11.3. The van der Waals surface area contributed by atoms with Gasteiger partial charge >= 0.3 is 0 Å². The van der Waals surface area contributed by atoms with Gasteiger partial charge in [0.05, 0.1) is 15.4 Å². The third-order valence-corrected chi connectivity index (χ3v) is 4.91. The molecule has 2 aromatic heterocycles. The maximum Gasteiger partial charge on any atom is 0.213 e. The van der Waals surface area contributed by atoms with Crippen molar-refractivity contribution in [2.75, 3.05) is 0 Å². The molecule has 0 amide bonds. The van der Waals surface area contributed by atoms with Gasteiger partial charge in [-0.3, -0.25) is 4.57 Å². The summed E-state index contributed by atoms with van der Waals surface area (Å²) in [6, 6.07) is 25.0. The van der Waals surface area contributed by atoms with Crippen molar-refractivity contribution in [3.8, 4) is 5.69 Å². The Morgan fingerprint density at radius 3 is 2.35 bits per heavy atom. The van der Waals surface area contributed by atoms with Crippen LogP contribution < -0.4 is 0 Å². The van der Waals surface area contributed by atoms with E-state index in [0.717, 1.165) is 32.4 Å². The Hall–Kier alpha value is -2.52. The second kappa shape index (κ2) is 4.74. The molecular formula is C20H12BrNO. The van der Waals surface area contributed by atoms with E-state index in [1.54, 1.807) is 0 Å². The van der Waals surface area contributed by atoms with E-state index < -0.39 is 0 Å². The van der Waals surface area contributed by atoms with E-state index in [1.807, 2.05) is 12.1 Å². The summed E-state index contributed by atoms with van der Waals surface area (Å²) >= 11 is 3.60. The Kier molecular flexibility index (Phi) is 2.67. The number of hydrogen-bond donors (Lipinski definition) is 0. The quantitative estimate of drug-likeness (QED) is 0.343. The Balaban J connectivity index is 2.07. The van der Waals surface area contributed by atoms with Gasteiger partial charge in [0.2, 0.25) is 5.71 Å². The van der Waals surface area contributed by atoms with Gasteiger partial charge in [0, 0.05) is 16.5 Å². The molecule has 0 atom stereocenters. The molecule has 2 heterocycles. The zero-order chi connectivity index (χ0) is 15.4. The molecule has 0 saturated heterocycles. The number of nitrogens with zero attached hydrogens (tertiary/aromatic N) is 1. The summed E-state index contributed by atoms with van der Waals surface area (Å²) in [7, 11) is 0. The number of aromatic nitrogens is 1. The lowest BCUT2D eigenvalue weighted by molar-refractivity contribution is 0.643. The maximum absolute atomic E-state index is 6.27. The molecule has 0 bridgehead atoms.